The molecule has 0 aliphatic carbocycles. The van der Waals surface area contributed by atoms with Gasteiger partial charge < -0.3 is 5.32 Å². The minimum Gasteiger partial charge on any atom is -0.307 e. The van der Waals surface area contributed by atoms with Crippen LogP contribution in [-0.2, 0) is 0 Å². The van der Waals surface area contributed by atoms with E-state index in [-0.39, 0.29) is 6.03 Å². The third kappa shape index (κ3) is 3.18. The van der Waals surface area contributed by atoms with Crippen LogP contribution in [0.15, 0.2) is 29.8 Å². The Balaban J connectivity index is 2.05. The number of aryl methyl sites for hydroxylation is 1. The van der Waals surface area contributed by atoms with Crippen LogP contribution in [0.1, 0.15) is 5.56 Å². The van der Waals surface area contributed by atoms with E-state index >= 15 is 0 Å². The molecule has 2 N–H and O–H groups in total. The number of hydrogen-bond donors (Lipinski definition) is 2. The number of amides is 2. The molecule has 2 aromatic rings. The molecule has 0 radical (unpaired) electrons. The largest absolute Gasteiger partial charge is 0.325 e. The molecular weight excluding hydrogens is 258 g/mol. The molecule has 2 amide bonds. The highest BCUT2D eigenvalue weighted by Gasteiger charge is 2.06. The van der Waals surface area contributed by atoms with Gasteiger partial charge >= 0.3 is 6.03 Å². The van der Waals surface area contributed by atoms with Crippen LogP contribution in [0.25, 0.3) is 0 Å². The summed E-state index contributed by atoms with van der Waals surface area (Å²) in [7, 11) is 0. The fourth-order valence-electron chi connectivity index (χ4n) is 1.26. The third-order valence-corrected chi connectivity index (χ3v) is 3.02. The summed E-state index contributed by atoms with van der Waals surface area (Å²) >= 11 is 7.22. The molecule has 88 valence electrons. The molecule has 0 atom stereocenters. The Hall–Kier alpha value is -1.59. The van der Waals surface area contributed by atoms with Crippen molar-refractivity contribution < 1.29 is 4.79 Å². The molecular formula is C11H10ClN3OS. The second-order valence-electron chi connectivity index (χ2n) is 3.38. The highest BCUT2D eigenvalue weighted by molar-refractivity contribution is 7.13. The number of thiazole rings is 1. The fourth-order valence-corrected chi connectivity index (χ4v) is 1.96. The van der Waals surface area contributed by atoms with Gasteiger partial charge in [-0.1, -0.05) is 17.7 Å². The van der Waals surface area contributed by atoms with Gasteiger partial charge in [0.2, 0.25) is 0 Å². The summed E-state index contributed by atoms with van der Waals surface area (Å²) in [5.74, 6) is 0. The van der Waals surface area contributed by atoms with Crippen LogP contribution in [0.4, 0.5) is 15.6 Å². The predicted molar refractivity (Wildman–Crippen MR) is 70.9 cm³/mol. The first-order valence-electron chi connectivity index (χ1n) is 4.89. The third-order valence-electron chi connectivity index (χ3n) is 2.10. The van der Waals surface area contributed by atoms with Crippen LogP contribution < -0.4 is 10.6 Å². The standard InChI is InChI=1S/C11H10ClN3OS/c1-7-2-3-8(12)6-9(7)14-10(16)15-11-13-4-5-17-11/h2-6H,1H3,(H2,13,14,15,16). The summed E-state index contributed by atoms with van der Waals surface area (Å²) in [5, 5.41) is 8.29. The second-order valence-corrected chi connectivity index (χ2v) is 4.71. The summed E-state index contributed by atoms with van der Waals surface area (Å²) in [5.41, 5.74) is 1.63. The number of nitrogens with zero attached hydrogens (tertiary/aromatic N) is 1. The van der Waals surface area contributed by atoms with E-state index in [0.717, 1.165) is 5.56 Å². The Morgan fingerprint density at radius 3 is 2.94 bits per heavy atom. The summed E-state index contributed by atoms with van der Waals surface area (Å²) in [6.45, 7) is 1.90. The van der Waals surface area contributed by atoms with Gasteiger partial charge in [-0.2, -0.15) is 0 Å². The van der Waals surface area contributed by atoms with Crippen molar-refractivity contribution in [3.63, 3.8) is 0 Å². The molecule has 0 saturated heterocycles. The lowest BCUT2D eigenvalue weighted by atomic mass is 10.2. The molecule has 6 heteroatoms. The van der Waals surface area contributed by atoms with Gasteiger partial charge in [-0.25, -0.2) is 9.78 Å². The van der Waals surface area contributed by atoms with Crippen molar-refractivity contribution in [2.75, 3.05) is 10.6 Å². The molecule has 0 bridgehead atoms. The molecule has 0 saturated carbocycles. The summed E-state index contributed by atoms with van der Waals surface area (Å²) in [6, 6.07) is 5.01. The van der Waals surface area contributed by atoms with E-state index in [4.69, 9.17) is 11.6 Å². The molecule has 1 heterocycles. The molecule has 2 rings (SSSR count). The number of anilines is 2. The average molecular weight is 268 g/mol. The maximum Gasteiger partial charge on any atom is 0.325 e. The molecule has 0 aliphatic heterocycles. The van der Waals surface area contributed by atoms with Crippen molar-refractivity contribution in [2.45, 2.75) is 6.92 Å². The minimum atomic E-state index is -0.328. The van der Waals surface area contributed by atoms with Crippen molar-refractivity contribution in [3.05, 3.63) is 40.4 Å². The van der Waals surface area contributed by atoms with Crippen LogP contribution >= 0.6 is 22.9 Å². The first-order chi connectivity index (χ1) is 8.15. The Morgan fingerprint density at radius 2 is 2.24 bits per heavy atom. The van der Waals surface area contributed by atoms with Crippen LogP contribution in [0.3, 0.4) is 0 Å². The molecule has 1 aromatic carbocycles. The average Bonchev–Trinajstić information content (AvgIpc) is 2.76. The van der Waals surface area contributed by atoms with E-state index in [2.05, 4.69) is 15.6 Å². The van der Waals surface area contributed by atoms with Gasteiger partial charge in [0.15, 0.2) is 5.13 Å². The molecule has 0 fully saturated rings. The highest BCUT2D eigenvalue weighted by atomic mass is 35.5. The van der Waals surface area contributed by atoms with Gasteiger partial charge in [0.25, 0.3) is 0 Å². The zero-order chi connectivity index (χ0) is 12.3. The monoisotopic (exact) mass is 267 g/mol. The van der Waals surface area contributed by atoms with Crippen LogP contribution in [0, 0.1) is 6.92 Å². The van der Waals surface area contributed by atoms with Gasteiger partial charge in [-0.3, -0.25) is 5.32 Å². The van der Waals surface area contributed by atoms with E-state index < -0.39 is 0 Å². The number of benzene rings is 1. The van der Waals surface area contributed by atoms with Crippen LogP contribution in [0.2, 0.25) is 5.02 Å². The van der Waals surface area contributed by atoms with E-state index in [1.54, 1.807) is 23.7 Å². The van der Waals surface area contributed by atoms with Gasteiger partial charge in [0.05, 0.1) is 0 Å². The maximum atomic E-state index is 11.6. The van der Waals surface area contributed by atoms with Crippen molar-refractivity contribution in [3.8, 4) is 0 Å². The fraction of sp³-hybridized carbons (Fsp3) is 0.0909. The van der Waals surface area contributed by atoms with Crippen molar-refractivity contribution in [1.82, 2.24) is 4.98 Å². The zero-order valence-electron chi connectivity index (χ0n) is 9.03. The number of urea groups is 1. The second kappa shape index (κ2) is 5.16. The normalized spacial score (nSPS) is 10.0. The lowest BCUT2D eigenvalue weighted by Crippen LogP contribution is -2.19. The van der Waals surface area contributed by atoms with E-state index in [1.807, 2.05) is 13.0 Å². The lowest BCUT2D eigenvalue weighted by Gasteiger charge is -2.08. The van der Waals surface area contributed by atoms with Crippen molar-refractivity contribution >= 4 is 39.8 Å². The van der Waals surface area contributed by atoms with E-state index in [0.29, 0.717) is 15.8 Å². The van der Waals surface area contributed by atoms with E-state index in [1.165, 1.54) is 11.3 Å². The number of carbonyl (C=O) groups is 1. The van der Waals surface area contributed by atoms with Gasteiger partial charge in [-0.15, -0.1) is 11.3 Å². The summed E-state index contributed by atoms with van der Waals surface area (Å²) in [4.78, 5) is 15.6. The molecule has 0 aliphatic rings. The number of halogens is 1. The Morgan fingerprint density at radius 1 is 1.41 bits per heavy atom. The van der Waals surface area contributed by atoms with Crippen LogP contribution in [0.5, 0.6) is 0 Å². The van der Waals surface area contributed by atoms with Crippen molar-refractivity contribution in [2.24, 2.45) is 0 Å². The Kier molecular flexibility index (Phi) is 3.61. The first-order valence-corrected chi connectivity index (χ1v) is 6.14. The van der Waals surface area contributed by atoms with Gasteiger partial charge in [-0.05, 0) is 24.6 Å². The number of carbonyl (C=O) groups excluding carboxylic acids is 1. The smallest absolute Gasteiger partial charge is 0.307 e. The Bertz CT molecular complexity index is 528. The quantitative estimate of drug-likeness (QED) is 0.871. The zero-order valence-corrected chi connectivity index (χ0v) is 10.6. The van der Waals surface area contributed by atoms with Crippen molar-refractivity contribution in [1.29, 1.82) is 0 Å². The van der Waals surface area contributed by atoms with Crippen LogP contribution in [-0.4, -0.2) is 11.0 Å². The predicted octanol–water partition coefficient (Wildman–Crippen LogP) is 3.75. The molecule has 17 heavy (non-hydrogen) atoms. The molecule has 0 spiro atoms. The number of rotatable bonds is 2. The number of hydrogen-bond acceptors (Lipinski definition) is 3. The topological polar surface area (TPSA) is 54.0 Å². The van der Waals surface area contributed by atoms with Gasteiger partial charge in [0, 0.05) is 22.3 Å². The Labute approximate surface area is 108 Å². The lowest BCUT2D eigenvalue weighted by molar-refractivity contribution is 0.262. The first kappa shape index (κ1) is 11.9. The molecule has 4 nitrogen and oxygen atoms in total. The summed E-state index contributed by atoms with van der Waals surface area (Å²) in [6.07, 6.45) is 1.63. The highest BCUT2D eigenvalue weighted by Crippen LogP contribution is 2.20. The number of nitrogens with one attached hydrogen (secondary N) is 2. The van der Waals surface area contributed by atoms with Gasteiger partial charge in [0.1, 0.15) is 0 Å². The molecule has 1 aromatic heterocycles. The maximum absolute atomic E-state index is 11.6. The minimum absolute atomic E-state index is 0.328. The number of aromatic nitrogens is 1. The molecule has 0 unspecified atom stereocenters. The SMILES string of the molecule is Cc1ccc(Cl)cc1NC(=O)Nc1nccs1. The van der Waals surface area contributed by atoms with E-state index in [9.17, 15) is 4.79 Å². The summed E-state index contributed by atoms with van der Waals surface area (Å²) < 4.78 is 0.